The van der Waals surface area contributed by atoms with Crippen LogP contribution in [0.4, 0.5) is 0 Å². The molecule has 0 aliphatic heterocycles. The fraction of sp³-hybridized carbons (Fsp3) is 0.526. The summed E-state index contributed by atoms with van der Waals surface area (Å²) in [5.41, 5.74) is 3.86. The molecule has 2 heterocycles. The van der Waals surface area contributed by atoms with Crippen molar-refractivity contribution in [2.24, 2.45) is 0 Å². The lowest BCUT2D eigenvalue weighted by Gasteiger charge is -2.13. The lowest BCUT2D eigenvalue weighted by molar-refractivity contribution is -0.885. The number of aromatic nitrogens is 2. The quantitative estimate of drug-likeness (QED) is 0.593. The highest BCUT2D eigenvalue weighted by molar-refractivity contribution is 7.09. The summed E-state index contributed by atoms with van der Waals surface area (Å²) >= 11 is 1.56. The van der Waals surface area contributed by atoms with Crippen molar-refractivity contribution in [3.8, 4) is 11.4 Å². The largest absolute Gasteiger partial charge is 0.462 e. The summed E-state index contributed by atoms with van der Waals surface area (Å²) in [6.45, 7) is 10.9. The van der Waals surface area contributed by atoms with Crippen LogP contribution >= 0.6 is 11.3 Å². The number of esters is 1. The van der Waals surface area contributed by atoms with E-state index in [4.69, 9.17) is 9.72 Å². The summed E-state index contributed by atoms with van der Waals surface area (Å²) in [5, 5.41) is 5.83. The van der Waals surface area contributed by atoms with E-state index in [1.807, 2.05) is 40.1 Å². The Labute approximate surface area is 164 Å². The molecule has 0 radical (unpaired) electrons. The van der Waals surface area contributed by atoms with Gasteiger partial charge in [0.1, 0.15) is 11.6 Å². The Hall–Kier alpha value is -2.19. The lowest BCUT2D eigenvalue weighted by Crippen LogP contribution is -3.09. The average Bonchev–Trinajstić information content (AvgIpc) is 3.10. The second kappa shape index (κ2) is 9.14. The number of rotatable bonds is 8. The second-order valence-corrected chi connectivity index (χ2v) is 7.95. The third-order valence-corrected chi connectivity index (χ3v) is 4.94. The Morgan fingerprint density at radius 1 is 1.37 bits per heavy atom. The molecule has 3 N–H and O–H groups in total. The van der Waals surface area contributed by atoms with Gasteiger partial charge < -0.3 is 19.9 Å². The van der Waals surface area contributed by atoms with Crippen LogP contribution in [0, 0.1) is 13.8 Å². The topological polar surface area (TPSA) is 88.5 Å². The predicted molar refractivity (Wildman–Crippen MR) is 106 cm³/mol. The van der Waals surface area contributed by atoms with Gasteiger partial charge in [-0.3, -0.25) is 4.79 Å². The first-order valence-corrected chi connectivity index (χ1v) is 10.0. The third-order valence-electron chi connectivity index (χ3n) is 4.09. The summed E-state index contributed by atoms with van der Waals surface area (Å²) in [4.78, 5) is 33.1. The summed E-state index contributed by atoms with van der Waals surface area (Å²) in [7, 11) is 1.98. The van der Waals surface area contributed by atoms with Gasteiger partial charge in [-0.25, -0.2) is 9.78 Å². The van der Waals surface area contributed by atoms with E-state index in [9.17, 15) is 9.59 Å². The first-order valence-electron chi connectivity index (χ1n) is 9.14. The standard InChI is InChI=1S/C19H28N4O3S/c1-7-26-19(25)17-12(4)18(21-13(17)5)14-10-27-16(22-14)9-23(6)8-15(24)20-11(2)3/h10-11,21H,7-9H2,1-6H3,(H,20,24)/p+1. The van der Waals surface area contributed by atoms with Crippen LogP contribution in [0.3, 0.4) is 0 Å². The van der Waals surface area contributed by atoms with E-state index in [2.05, 4.69) is 10.3 Å². The molecule has 1 atom stereocenters. The summed E-state index contributed by atoms with van der Waals surface area (Å²) in [6, 6.07) is 0.143. The molecule has 0 saturated carbocycles. The molecule has 2 aromatic heterocycles. The van der Waals surface area contributed by atoms with Gasteiger partial charge in [0, 0.05) is 17.1 Å². The molecule has 0 aliphatic rings. The van der Waals surface area contributed by atoms with Crippen molar-refractivity contribution >= 4 is 23.2 Å². The monoisotopic (exact) mass is 393 g/mol. The van der Waals surface area contributed by atoms with E-state index in [0.29, 0.717) is 25.3 Å². The zero-order chi connectivity index (χ0) is 20.1. The van der Waals surface area contributed by atoms with Crippen LogP contribution in [0.5, 0.6) is 0 Å². The molecule has 27 heavy (non-hydrogen) atoms. The highest BCUT2D eigenvalue weighted by Crippen LogP contribution is 2.28. The number of aryl methyl sites for hydroxylation is 1. The molecule has 0 fully saturated rings. The summed E-state index contributed by atoms with van der Waals surface area (Å²) < 4.78 is 5.14. The first-order chi connectivity index (χ1) is 12.7. The molecule has 0 spiro atoms. The van der Waals surface area contributed by atoms with E-state index in [0.717, 1.165) is 32.6 Å². The molecule has 0 saturated heterocycles. The van der Waals surface area contributed by atoms with Crippen LogP contribution < -0.4 is 10.2 Å². The average molecular weight is 394 g/mol. The summed E-state index contributed by atoms with van der Waals surface area (Å²) in [5.74, 6) is -0.278. The van der Waals surface area contributed by atoms with Gasteiger partial charge in [-0.2, -0.15) is 0 Å². The highest BCUT2D eigenvalue weighted by atomic mass is 32.1. The Kier molecular flexibility index (Phi) is 7.15. The van der Waals surface area contributed by atoms with E-state index in [1.165, 1.54) is 0 Å². The number of ether oxygens (including phenoxy) is 1. The minimum absolute atomic E-state index is 0.0363. The number of nitrogens with zero attached hydrogens (tertiary/aromatic N) is 1. The normalized spacial score (nSPS) is 12.3. The van der Waals surface area contributed by atoms with Crippen LogP contribution in [0.25, 0.3) is 11.4 Å². The van der Waals surface area contributed by atoms with Gasteiger partial charge in [0.15, 0.2) is 6.54 Å². The van der Waals surface area contributed by atoms with E-state index >= 15 is 0 Å². The number of carbonyl (C=O) groups excluding carboxylic acids is 2. The van der Waals surface area contributed by atoms with Crippen LogP contribution in [-0.2, 0) is 16.1 Å². The fourth-order valence-corrected chi connectivity index (χ4v) is 3.89. The minimum atomic E-state index is -0.314. The maximum absolute atomic E-state index is 12.2. The maximum Gasteiger partial charge on any atom is 0.340 e. The Bertz CT molecular complexity index is 810. The van der Waals surface area contributed by atoms with Crippen molar-refractivity contribution < 1.29 is 19.2 Å². The molecule has 1 unspecified atom stereocenters. The number of nitrogens with one attached hydrogen (secondary N) is 3. The molecular weight excluding hydrogens is 364 g/mol. The lowest BCUT2D eigenvalue weighted by atomic mass is 10.1. The van der Waals surface area contributed by atoms with Gasteiger partial charge in [-0.05, 0) is 40.2 Å². The second-order valence-electron chi connectivity index (χ2n) is 7.00. The van der Waals surface area contributed by atoms with Gasteiger partial charge in [0.05, 0.1) is 30.6 Å². The number of quaternary nitrogens is 1. The molecular formula is C19H29N4O3S+. The number of hydrogen-bond acceptors (Lipinski definition) is 5. The van der Waals surface area contributed by atoms with Crippen molar-refractivity contribution in [3.63, 3.8) is 0 Å². The number of likely N-dealkylation sites (N-methyl/N-ethyl adjacent to an activating group) is 1. The van der Waals surface area contributed by atoms with Crippen LogP contribution in [0.15, 0.2) is 5.38 Å². The minimum Gasteiger partial charge on any atom is -0.462 e. The molecule has 0 aliphatic carbocycles. The summed E-state index contributed by atoms with van der Waals surface area (Å²) in [6.07, 6.45) is 0. The fourth-order valence-electron chi connectivity index (χ4n) is 2.99. The van der Waals surface area contributed by atoms with Gasteiger partial charge >= 0.3 is 5.97 Å². The smallest absolute Gasteiger partial charge is 0.340 e. The predicted octanol–water partition coefficient (Wildman–Crippen LogP) is 1.47. The number of thiazole rings is 1. The van der Waals surface area contributed by atoms with Crippen molar-refractivity contribution in [2.45, 2.75) is 47.2 Å². The van der Waals surface area contributed by atoms with Gasteiger partial charge in [0.2, 0.25) is 0 Å². The first kappa shape index (κ1) is 21.1. The Morgan fingerprint density at radius 3 is 2.70 bits per heavy atom. The van der Waals surface area contributed by atoms with Crippen LogP contribution in [0.1, 0.15) is 47.4 Å². The maximum atomic E-state index is 12.2. The number of aromatic amines is 1. The molecule has 2 rings (SSSR count). The van der Waals surface area contributed by atoms with Crippen LogP contribution in [-0.4, -0.2) is 48.1 Å². The molecule has 2 aromatic rings. The Balaban J connectivity index is 2.11. The van der Waals surface area contributed by atoms with Crippen molar-refractivity contribution in [1.29, 1.82) is 0 Å². The van der Waals surface area contributed by atoms with Crippen molar-refractivity contribution in [1.82, 2.24) is 15.3 Å². The van der Waals surface area contributed by atoms with E-state index < -0.39 is 0 Å². The number of amides is 1. The SMILES string of the molecule is CCOC(=O)c1c(C)[nH]c(-c2csc(C[NH+](C)CC(=O)NC(C)C)n2)c1C. The van der Waals surface area contributed by atoms with E-state index in [1.54, 1.807) is 18.3 Å². The number of hydrogen-bond donors (Lipinski definition) is 3. The zero-order valence-corrected chi connectivity index (χ0v) is 17.7. The zero-order valence-electron chi connectivity index (χ0n) is 16.9. The molecule has 0 aromatic carbocycles. The number of H-pyrrole nitrogens is 1. The van der Waals surface area contributed by atoms with Gasteiger partial charge in [0.25, 0.3) is 5.91 Å². The third kappa shape index (κ3) is 5.40. The highest BCUT2D eigenvalue weighted by Gasteiger charge is 2.22. The van der Waals surface area contributed by atoms with Gasteiger partial charge in [-0.1, -0.05) is 0 Å². The van der Waals surface area contributed by atoms with Gasteiger partial charge in [-0.15, -0.1) is 11.3 Å². The van der Waals surface area contributed by atoms with Crippen molar-refractivity contribution in [3.05, 3.63) is 27.2 Å². The molecule has 0 bridgehead atoms. The Morgan fingerprint density at radius 2 is 2.07 bits per heavy atom. The molecule has 148 valence electrons. The molecule has 7 nitrogen and oxygen atoms in total. The molecule has 1 amide bonds. The molecule has 8 heteroatoms. The van der Waals surface area contributed by atoms with Crippen LogP contribution in [0.2, 0.25) is 0 Å². The van der Waals surface area contributed by atoms with Crippen molar-refractivity contribution in [2.75, 3.05) is 20.2 Å². The number of carbonyl (C=O) groups is 2. The van der Waals surface area contributed by atoms with E-state index in [-0.39, 0.29) is 17.9 Å².